The molecule has 0 aliphatic carbocycles. The highest BCUT2D eigenvalue weighted by Crippen LogP contribution is 2.00. The average Bonchev–Trinajstić information content (AvgIpc) is 2.23. The number of amides is 1. The van der Waals surface area contributed by atoms with E-state index in [-0.39, 0.29) is 12.3 Å². The number of hydrogen-bond donors (Lipinski definition) is 2. The number of aliphatic carboxylic acids is 1. The largest absolute Gasteiger partial charge is 0.481 e. The van der Waals surface area contributed by atoms with Crippen LogP contribution in [0, 0.1) is 0 Å². The maximum absolute atomic E-state index is 11.2. The SMILES string of the molecule is CSCCCC(=O)NCCCCCC(=O)O. The third-order valence-corrected chi connectivity index (χ3v) is 2.84. The Labute approximate surface area is 101 Å². The van der Waals surface area contributed by atoms with Gasteiger partial charge in [-0.25, -0.2) is 0 Å². The Morgan fingerprint density at radius 3 is 2.50 bits per heavy atom. The van der Waals surface area contributed by atoms with Crippen LogP contribution in [0.2, 0.25) is 0 Å². The highest BCUT2D eigenvalue weighted by Gasteiger charge is 2.00. The van der Waals surface area contributed by atoms with Crippen LogP contribution in [-0.2, 0) is 9.59 Å². The Bertz CT molecular complexity index is 209. The maximum Gasteiger partial charge on any atom is 0.303 e. The van der Waals surface area contributed by atoms with Gasteiger partial charge >= 0.3 is 5.97 Å². The fraction of sp³-hybridized carbons (Fsp3) is 0.818. The van der Waals surface area contributed by atoms with E-state index in [4.69, 9.17) is 5.11 Å². The zero-order chi connectivity index (χ0) is 12.2. The molecule has 0 spiro atoms. The number of carbonyl (C=O) groups excluding carboxylic acids is 1. The lowest BCUT2D eigenvalue weighted by atomic mass is 10.2. The molecule has 0 aromatic rings. The summed E-state index contributed by atoms with van der Waals surface area (Å²) in [6.07, 6.45) is 6.18. The molecule has 0 bridgehead atoms. The minimum Gasteiger partial charge on any atom is -0.481 e. The molecule has 0 atom stereocenters. The topological polar surface area (TPSA) is 66.4 Å². The van der Waals surface area contributed by atoms with Gasteiger partial charge in [0.15, 0.2) is 0 Å². The summed E-state index contributed by atoms with van der Waals surface area (Å²) in [4.78, 5) is 21.5. The van der Waals surface area contributed by atoms with Gasteiger partial charge in [-0.15, -0.1) is 0 Å². The second-order valence-corrected chi connectivity index (χ2v) is 4.64. The zero-order valence-corrected chi connectivity index (χ0v) is 10.6. The van der Waals surface area contributed by atoms with Gasteiger partial charge in [0, 0.05) is 19.4 Å². The minimum atomic E-state index is -0.749. The third kappa shape index (κ3) is 11.4. The average molecular weight is 247 g/mol. The molecule has 0 aromatic heterocycles. The fourth-order valence-corrected chi connectivity index (χ4v) is 1.70. The van der Waals surface area contributed by atoms with Crippen LogP contribution in [0.1, 0.15) is 38.5 Å². The second-order valence-electron chi connectivity index (χ2n) is 3.65. The monoisotopic (exact) mass is 247 g/mol. The van der Waals surface area contributed by atoms with Crippen molar-refractivity contribution in [3.05, 3.63) is 0 Å². The van der Waals surface area contributed by atoms with Crippen LogP contribution in [0.3, 0.4) is 0 Å². The Morgan fingerprint density at radius 2 is 1.88 bits per heavy atom. The number of carboxylic acid groups (broad SMARTS) is 1. The molecule has 5 heteroatoms. The van der Waals surface area contributed by atoms with Crippen LogP contribution >= 0.6 is 11.8 Å². The number of rotatable bonds is 10. The van der Waals surface area contributed by atoms with Crippen LogP contribution < -0.4 is 5.32 Å². The van der Waals surface area contributed by atoms with E-state index in [0.29, 0.717) is 19.4 Å². The molecule has 0 radical (unpaired) electrons. The lowest BCUT2D eigenvalue weighted by Crippen LogP contribution is -2.24. The molecule has 0 rings (SSSR count). The molecule has 4 nitrogen and oxygen atoms in total. The smallest absolute Gasteiger partial charge is 0.303 e. The molecule has 0 unspecified atom stereocenters. The summed E-state index contributed by atoms with van der Waals surface area (Å²) in [6.45, 7) is 0.664. The zero-order valence-electron chi connectivity index (χ0n) is 9.83. The quantitative estimate of drug-likeness (QED) is 0.579. The van der Waals surface area contributed by atoms with Crippen molar-refractivity contribution in [2.45, 2.75) is 38.5 Å². The van der Waals surface area contributed by atoms with Gasteiger partial charge in [-0.1, -0.05) is 6.42 Å². The molecule has 2 N–H and O–H groups in total. The van der Waals surface area contributed by atoms with Crippen molar-refractivity contribution < 1.29 is 14.7 Å². The highest BCUT2D eigenvalue weighted by atomic mass is 32.2. The molecule has 0 aromatic carbocycles. The maximum atomic E-state index is 11.2. The highest BCUT2D eigenvalue weighted by molar-refractivity contribution is 7.98. The van der Waals surface area contributed by atoms with E-state index in [1.54, 1.807) is 11.8 Å². The van der Waals surface area contributed by atoms with E-state index in [9.17, 15) is 9.59 Å². The molecular formula is C11H21NO3S. The van der Waals surface area contributed by atoms with Crippen molar-refractivity contribution in [1.82, 2.24) is 5.32 Å². The van der Waals surface area contributed by atoms with E-state index in [0.717, 1.165) is 25.0 Å². The van der Waals surface area contributed by atoms with Gasteiger partial charge in [0.05, 0.1) is 0 Å². The first-order chi connectivity index (χ1) is 7.66. The second kappa shape index (κ2) is 10.8. The van der Waals surface area contributed by atoms with Crippen molar-refractivity contribution in [2.75, 3.05) is 18.6 Å². The number of nitrogens with one attached hydrogen (secondary N) is 1. The van der Waals surface area contributed by atoms with E-state index in [1.165, 1.54) is 0 Å². The number of carboxylic acids is 1. The Morgan fingerprint density at radius 1 is 1.12 bits per heavy atom. The number of hydrogen-bond acceptors (Lipinski definition) is 3. The molecule has 94 valence electrons. The molecule has 0 heterocycles. The first-order valence-electron chi connectivity index (χ1n) is 5.64. The molecule has 0 saturated carbocycles. The summed E-state index contributed by atoms with van der Waals surface area (Å²) in [7, 11) is 0. The molecule has 1 amide bonds. The lowest BCUT2D eigenvalue weighted by Gasteiger charge is -2.04. The summed E-state index contributed by atoms with van der Waals surface area (Å²) >= 11 is 1.75. The van der Waals surface area contributed by atoms with Crippen molar-refractivity contribution in [2.24, 2.45) is 0 Å². The number of unbranched alkanes of at least 4 members (excludes halogenated alkanes) is 2. The molecule has 0 fully saturated rings. The third-order valence-electron chi connectivity index (χ3n) is 2.14. The van der Waals surface area contributed by atoms with Crippen LogP contribution in [0.4, 0.5) is 0 Å². The van der Waals surface area contributed by atoms with Gasteiger partial charge in [-0.2, -0.15) is 11.8 Å². The molecule has 16 heavy (non-hydrogen) atoms. The molecule has 0 aliphatic rings. The Balaban J connectivity index is 3.18. The van der Waals surface area contributed by atoms with Gasteiger partial charge in [-0.05, 0) is 31.3 Å². The predicted molar refractivity (Wildman–Crippen MR) is 66.7 cm³/mol. The lowest BCUT2D eigenvalue weighted by molar-refractivity contribution is -0.137. The first-order valence-corrected chi connectivity index (χ1v) is 7.03. The Hall–Kier alpha value is -0.710. The van der Waals surface area contributed by atoms with Gasteiger partial charge in [0.25, 0.3) is 0 Å². The number of carbonyl (C=O) groups is 2. The predicted octanol–water partition coefficient (Wildman–Crippen LogP) is 1.89. The summed E-state index contributed by atoms with van der Waals surface area (Å²) in [5.41, 5.74) is 0. The number of thioether (sulfide) groups is 1. The first kappa shape index (κ1) is 15.3. The van der Waals surface area contributed by atoms with Gasteiger partial charge in [0.2, 0.25) is 5.91 Å². The molecule has 0 saturated heterocycles. The van der Waals surface area contributed by atoms with Crippen LogP contribution in [-0.4, -0.2) is 35.5 Å². The van der Waals surface area contributed by atoms with E-state index >= 15 is 0 Å². The van der Waals surface area contributed by atoms with Crippen LogP contribution in [0.15, 0.2) is 0 Å². The normalized spacial score (nSPS) is 10.1. The van der Waals surface area contributed by atoms with E-state index in [2.05, 4.69) is 5.32 Å². The summed E-state index contributed by atoms with van der Waals surface area (Å²) < 4.78 is 0. The van der Waals surface area contributed by atoms with E-state index < -0.39 is 5.97 Å². The van der Waals surface area contributed by atoms with Crippen molar-refractivity contribution in [3.63, 3.8) is 0 Å². The molecule has 0 aliphatic heterocycles. The van der Waals surface area contributed by atoms with Gasteiger partial charge < -0.3 is 10.4 Å². The van der Waals surface area contributed by atoms with Crippen molar-refractivity contribution >= 4 is 23.6 Å². The van der Waals surface area contributed by atoms with Gasteiger partial charge in [-0.3, -0.25) is 9.59 Å². The molecular weight excluding hydrogens is 226 g/mol. The van der Waals surface area contributed by atoms with Crippen molar-refractivity contribution in [1.29, 1.82) is 0 Å². The summed E-state index contributed by atoms with van der Waals surface area (Å²) in [5.74, 6) is 0.375. The summed E-state index contributed by atoms with van der Waals surface area (Å²) in [6, 6.07) is 0. The minimum absolute atomic E-state index is 0.104. The Kier molecular flexibility index (Phi) is 10.3. The van der Waals surface area contributed by atoms with E-state index in [1.807, 2.05) is 6.26 Å². The van der Waals surface area contributed by atoms with Crippen LogP contribution in [0.5, 0.6) is 0 Å². The summed E-state index contributed by atoms with van der Waals surface area (Å²) in [5, 5.41) is 11.2. The standard InChI is InChI=1S/C11H21NO3S/c1-16-9-5-6-10(13)12-8-4-2-3-7-11(14)15/h2-9H2,1H3,(H,12,13)(H,14,15). The van der Waals surface area contributed by atoms with Crippen molar-refractivity contribution in [3.8, 4) is 0 Å². The van der Waals surface area contributed by atoms with Gasteiger partial charge in [0.1, 0.15) is 0 Å². The van der Waals surface area contributed by atoms with Crippen LogP contribution in [0.25, 0.3) is 0 Å². The fourth-order valence-electron chi connectivity index (χ4n) is 1.27.